The molecule has 0 aliphatic rings. The average molecular weight is 468 g/mol. The van der Waals surface area contributed by atoms with Crippen LogP contribution in [0.4, 0.5) is 0 Å². The number of aromatic nitrogens is 2. The molecule has 3 rings (SSSR count). The molecule has 0 radical (unpaired) electrons. The van der Waals surface area contributed by atoms with Gasteiger partial charge in [-0.15, -0.1) is 21.9 Å². The minimum atomic E-state index is -1.50. The molecule has 1 aromatic heterocycles. The first-order chi connectivity index (χ1) is 14.2. The second-order valence-corrected chi connectivity index (χ2v) is 8.96. The smallest absolute Gasteiger partial charge is 0.291 e. The summed E-state index contributed by atoms with van der Waals surface area (Å²) in [7, 11) is 0. The zero-order valence-electron chi connectivity index (χ0n) is 16.7. The summed E-state index contributed by atoms with van der Waals surface area (Å²) in [5.74, 6) is 0. The van der Waals surface area contributed by atoms with Crippen LogP contribution in [0, 0.1) is 24.0 Å². The van der Waals surface area contributed by atoms with E-state index in [0.717, 1.165) is 34.3 Å². The molecule has 0 saturated carbocycles. The molecular formula is C21H23Cl2N3O3S. The highest BCUT2D eigenvalue weighted by atomic mass is 35.5. The highest BCUT2D eigenvalue weighted by molar-refractivity contribution is 8.00. The van der Waals surface area contributed by atoms with Crippen LogP contribution in [-0.4, -0.2) is 25.1 Å². The van der Waals surface area contributed by atoms with E-state index in [1.54, 1.807) is 0 Å². The Kier molecular flexibility index (Phi) is 9.49. The molecule has 1 heterocycles. The third-order valence-electron chi connectivity index (χ3n) is 4.48. The molecule has 3 aromatic rings. The Hall–Kier alpha value is -2.22. The van der Waals surface area contributed by atoms with Crippen molar-refractivity contribution in [2.45, 2.75) is 43.4 Å². The van der Waals surface area contributed by atoms with E-state index in [0.29, 0.717) is 5.25 Å². The molecule has 160 valence electrons. The van der Waals surface area contributed by atoms with E-state index in [2.05, 4.69) is 47.7 Å². The van der Waals surface area contributed by atoms with Crippen LogP contribution >= 0.6 is 35.0 Å². The van der Waals surface area contributed by atoms with Crippen molar-refractivity contribution in [2.75, 3.05) is 0 Å². The summed E-state index contributed by atoms with van der Waals surface area (Å²) in [5.41, 5.74) is 3.81. The largest absolute Gasteiger partial charge is 0.336 e. The molecular weight excluding hydrogens is 445 g/mol. The summed E-state index contributed by atoms with van der Waals surface area (Å²) in [5, 5.41) is 15.7. The predicted octanol–water partition coefficient (Wildman–Crippen LogP) is 6.25. The van der Waals surface area contributed by atoms with E-state index in [4.69, 9.17) is 38.5 Å². The van der Waals surface area contributed by atoms with E-state index < -0.39 is 5.09 Å². The lowest BCUT2D eigenvalue weighted by molar-refractivity contribution is -0.742. The van der Waals surface area contributed by atoms with Gasteiger partial charge in [-0.3, -0.25) is 0 Å². The lowest BCUT2D eigenvalue weighted by atomic mass is 10.1. The van der Waals surface area contributed by atoms with Gasteiger partial charge in [-0.05, 0) is 67.6 Å². The summed E-state index contributed by atoms with van der Waals surface area (Å²) in [6.45, 7) is 5.13. The Labute approximate surface area is 190 Å². The maximum Gasteiger partial charge on any atom is 0.291 e. The molecule has 0 aliphatic carbocycles. The molecule has 2 aromatic carbocycles. The molecule has 30 heavy (non-hydrogen) atoms. The Morgan fingerprint density at radius 3 is 2.43 bits per heavy atom. The van der Waals surface area contributed by atoms with Crippen molar-refractivity contribution in [2.24, 2.45) is 0 Å². The highest BCUT2D eigenvalue weighted by Crippen LogP contribution is 2.35. The number of benzene rings is 2. The SMILES string of the molecule is Cc1cc(Cl)c(SC(CCc2ccc(Cl)cc2)Cn2ccnc2)cc1C.O=[N+]([O-])O. The number of rotatable bonds is 7. The fourth-order valence-corrected chi connectivity index (χ4v) is 4.56. The van der Waals surface area contributed by atoms with Crippen LogP contribution in [0.15, 0.2) is 60.0 Å². The number of hydrogen-bond donors (Lipinski definition) is 1. The van der Waals surface area contributed by atoms with E-state index >= 15 is 0 Å². The van der Waals surface area contributed by atoms with Crippen molar-refractivity contribution >= 4 is 35.0 Å². The van der Waals surface area contributed by atoms with Crippen molar-refractivity contribution in [3.8, 4) is 0 Å². The molecule has 0 amide bonds. The summed E-state index contributed by atoms with van der Waals surface area (Å²) in [6, 6.07) is 12.4. The molecule has 1 N–H and O–H groups in total. The van der Waals surface area contributed by atoms with Crippen molar-refractivity contribution < 1.29 is 10.3 Å². The minimum absolute atomic E-state index is 0.402. The lowest BCUT2D eigenvalue weighted by Crippen LogP contribution is -2.13. The molecule has 0 aliphatic heterocycles. The van der Waals surface area contributed by atoms with Crippen LogP contribution in [0.5, 0.6) is 0 Å². The van der Waals surface area contributed by atoms with Gasteiger partial charge in [-0.1, -0.05) is 35.3 Å². The van der Waals surface area contributed by atoms with Crippen LogP contribution in [0.3, 0.4) is 0 Å². The van der Waals surface area contributed by atoms with Gasteiger partial charge in [0.1, 0.15) is 0 Å². The van der Waals surface area contributed by atoms with Crippen LogP contribution < -0.4 is 0 Å². The van der Waals surface area contributed by atoms with Gasteiger partial charge in [0.25, 0.3) is 5.09 Å². The van der Waals surface area contributed by atoms with Crippen LogP contribution in [0.25, 0.3) is 0 Å². The summed E-state index contributed by atoms with van der Waals surface area (Å²) in [6.07, 6.45) is 7.76. The summed E-state index contributed by atoms with van der Waals surface area (Å²) in [4.78, 5) is 13.7. The average Bonchev–Trinajstić information content (AvgIpc) is 3.18. The zero-order valence-corrected chi connectivity index (χ0v) is 19.0. The standard InChI is InChI=1S/C21H22Cl2N2S.HNO3/c1-15-11-20(23)21(12-16(15)2)26-19(13-25-10-9-24-14-25)8-5-17-3-6-18(22)7-4-17;2-1(3)4/h3-4,6-7,9-12,14,19H,5,8,13H2,1-2H3;(H,2,3,4). The van der Waals surface area contributed by atoms with Gasteiger partial charge in [0.05, 0.1) is 11.3 Å². The van der Waals surface area contributed by atoms with E-state index in [1.165, 1.54) is 16.7 Å². The zero-order chi connectivity index (χ0) is 22.1. The molecule has 0 saturated heterocycles. The fourth-order valence-electron chi connectivity index (χ4n) is 2.82. The number of halogens is 2. The Balaban J connectivity index is 0.000000735. The first-order valence-electron chi connectivity index (χ1n) is 9.21. The molecule has 1 atom stereocenters. The molecule has 1 unspecified atom stereocenters. The summed E-state index contributed by atoms with van der Waals surface area (Å²) >= 11 is 14.4. The van der Waals surface area contributed by atoms with Gasteiger partial charge in [-0.2, -0.15) is 0 Å². The Morgan fingerprint density at radius 2 is 1.83 bits per heavy atom. The van der Waals surface area contributed by atoms with Gasteiger partial charge in [0, 0.05) is 34.1 Å². The Bertz CT molecular complexity index is 947. The molecule has 0 fully saturated rings. The van der Waals surface area contributed by atoms with Crippen molar-refractivity contribution in [1.82, 2.24) is 9.55 Å². The van der Waals surface area contributed by atoms with E-state index in [1.807, 2.05) is 42.6 Å². The lowest BCUT2D eigenvalue weighted by Gasteiger charge is -2.19. The van der Waals surface area contributed by atoms with Crippen LogP contribution in [0.2, 0.25) is 10.0 Å². The number of nitrogens with zero attached hydrogens (tertiary/aromatic N) is 3. The van der Waals surface area contributed by atoms with Gasteiger partial charge < -0.3 is 9.77 Å². The first-order valence-corrected chi connectivity index (χ1v) is 10.8. The van der Waals surface area contributed by atoms with Crippen molar-refractivity contribution in [1.29, 1.82) is 0 Å². The topological polar surface area (TPSA) is 81.2 Å². The van der Waals surface area contributed by atoms with Gasteiger partial charge in [-0.25, -0.2) is 4.98 Å². The number of imidazole rings is 1. The molecule has 9 heteroatoms. The first kappa shape index (κ1) is 24.1. The van der Waals surface area contributed by atoms with Crippen molar-refractivity contribution in [3.63, 3.8) is 0 Å². The molecule has 6 nitrogen and oxygen atoms in total. The molecule has 0 spiro atoms. The van der Waals surface area contributed by atoms with Crippen LogP contribution in [-0.2, 0) is 13.0 Å². The maximum atomic E-state index is 8.36. The quantitative estimate of drug-likeness (QED) is 0.252. The van der Waals surface area contributed by atoms with E-state index in [-0.39, 0.29) is 0 Å². The Morgan fingerprint density at radius 1 is 1.20 bits per heavy atom. The second-order valence-electron chi connectivity index (χ2n) is 6.77. The maximum absolute atomic E-state index is 8.36. The minimum Gasteiger partial charge on any atom is -0.336 e. The second kappa shape index (κ2) is 11.8. The van der Waals surface area contributed by atoms with Gasteiger partial charge in [0.15, 0.2) is 0 Å². The molecule has 0 bridgehead atoms. The fraction of sp³-hybridized carbons (Fsp3) is 0.286. The third kappa shape index (κ3) is 8.26. The van der Waals surface area contributed by atoms with Gasteiger partial charge in [0.2, 0.25) is 0 Å². The van der Waals surface area contributed by atoms with Crippen LogP contribution in [0.1, 0.15) is 23.1 Å². The number of hydrogen-bond acceptors (Lipinski definition) is 4. The number of aryl methyl sites for hydroxylation is 3. The monoisotopic (exact) mass is 467 g/mol. The normalized spacial score (nSPS) is 11.5. The van der Waals surface area contributed by atoms with Gasteiger partial charge >= 0.3 is 0 Å². The van der Waals surface area contributed by atoms with Crippen molar-refractivity contribution in [3.05, 3.63) is 92.0 Å². The van der Waals surface area contributed by atoms with E-state index in [9.17, 15) is 0 Å². The number of thioether (sulfide) groups is 1. The predicted molar refractivity (Wildman–Crippen MR) is 121 cm³/mol. The third-order valence-corrected chi connectivity index (χ3v) is 6.47. The summed E-state index contributed by atoms with van der Waals surface area (Å²) < 4.78 is 2.13. The highest BCUT2D eigenvalue weighted by Gasteiger charge is 2.15.